The molecule has 1 heterocycles. The number of amides is 1. The molecule has 110 valence electrons. The molecule has 5 nitrogen and oxygen atoms in total. The molecule has 1 aromatic carbocycles. The standard InChI is InChI=1S/C14H20N2O3S/c1-2-15-14(17)11-5-3-6-12(9-11)16-13-7-4-8-20(18,19)10-13/h3,5-6,9,13,16H,2,4,7-8,10H2,1H3,(H,15,17). The summed E-state index contributed by atoms with van der Waals surface area (Å²) >= 11 is 0. The van der Waals surface area contributed by atoms with Gasteiger partial charge in [0, 0.05) is 23.8 Å². The highest BCUT2D eigenvalue weighted by Gasteiger charge is 2.24. The van der Waals surface area contributed by atoms with Gasteiger partial charge in [-0.15, -0.1) is 0 Å². The van der Waals surface area contributed by atoms with Gasteiger partial charge in [-0.3, -0.25) is 4.79 Å². The van der Waals surface area contributed by atoms with E-state index in [0.29, 0.717) is 18.5 Å². The summed E-state index contributed by atoms with van der Waals surface area (Å²) in [5.41, 5.74) is 1.37. The van der Waals surface area contributed by atoms with Crippen molar-refractivity contribution in [3.63, 3.8) is 0 Å². The van der Waals surface area contributed by atoms with Crippen LogP contribution in [0.25, 0.3) is 0 Å². The molecule has 1 aliphatic heterocycles. The van der Waals surface area contributed by atoms with Gasteiger partial charge in [0.1, 0.15) is 0 Å². The zero-order chi connectivity index (χ0) is 14.6. The van der Waals surface area contributed by atoms with E-state index in [9.17, 15) is 13.2 Å². The molecule has 6 heteroatoms. The first-order valence-corrected chi connectivity index (χ1v) is 8.67. The highest BCUT2D eigenvalue weighted by molar-refractivity contribution is 7.91. The summed E-state index contributed by atoms with van der Waals surface area (Å²) < 4.78 is 23.2. The van der Waals surface area contributed by atoms with Gasteiger partial charge in [0.05, 0.1) is 11.5 Å². The van der Waals surface area contributed by atoms with Crippen molar-refractivity contribution in [2.45, 2.75) is 25.8 Å². The minimum atomic E-state index is -2.93. The fourth-order valence-electron chi connectivity index (χ4n) is 2.39. The fraction of sp³-hybridized carbons (Fsp3) is 0.500. The third-order valence-corrected chi connectivity index (χ3v) is 5.12. The molecule has 1 amide bonds. The number of sulfone groups is 1. The monoisotopic (exact) mass is 296 g/mol. The van der Waals surface area contributed by atoms with Crippen LogP contribution in [0.1, 0.15) is 30.1 Å². The quantitative estimate of drug-likeness (QED) is 0.881. The smallest absolute Gasteiger partial charge is 0.251 e. The summed E-state index contributed by atoms with van der Waals surface area (Å²) in [7, 11) is -2.93. The Kier molecular flexibility index (Phi) is 4.65. The van der Waals surface area contributed by atoms with Crippen LogP contribution in [0, 0.1) is 0 Å². The molecule has 1 aliphatic rings. The number of hydrogen-bond donors (Lipinski definition) is 2. The van der Waals surface area contributed by atoms with Crippen LogP contribution in [0.4, 0.5) is 5.69 Å². The number of rotatable bonds is 4. The molecule has 1 fully saturated rings. The van der Waals surface area contributed by atoms with Gasteiger partial charge >= 0.3 is 0 Å². The molecule has 0 aliphatic carbocycles. The molecule has 1 atom stereocenters. The Morgan fingerprint density at radius 3 is 2.90 bits per heavy atom. The second-order valence-corrected chi connectivity index (χ2v) is 7.27. The Morgan fingerprint density at radius 2 is 2.20 bits per heavy atom. The highest BCUT2D eigenvalue weighted by atomic mass is 32.2. The van der Waals surface area contributed by atoms with Crippen molar-refractivity contribution in [1.29, 1.82) is 0 Å². The molecular weight excluding hydrogens is 276 g/mol. The molecule has 1 unspecified atom stereocenters. The van der Waals surface area contributed by atoms with Crippen molar-refractivity contribution in [1.82, 2.24) is 5.32 Å². The van der Waals surface area contributed by atoms with E-state index in [2.05, 4.69) is 10.6 Å². The molecule has 0 bridgehead atoms. The fourth-order valence-corrected chi connectivity index (χ4v) is 4.02. The zero-order valence-electron chi connectivity index (χ0n) is 11.6. The second kappa shape index (κ2) is 6.26. The van der Waals surface area contributed by atoms with E-state index in [1.54, 1.807) is 18.2 Å². The molecule has 20 heavy (non-hydrogen) atoms. The van der Waals surface area contributed by atoms with Crippen LogP contribution in [-0.4, -0.2) is 38.4 Å². The Bertz CT molecular complexity index is 584. The SMILES string of the molecule is CCNC(=O)c1cccc(NC2CCCS(=O)(=O)C2)c1. The highest BCUT2D eigenvalue weighted by Crippen LogP contribution is 2.18. The Morgan fingerprint density at radius 1 is 1.40 bits per heavy atom. The van der Waals surface area contributed by atoms with Crippen molar-refractivity contribution in [3.05, 3.63) is 29.8 Å². The number of benzene rings is 1. The van der Waals surface area contributed by atoms with Crippen LogP contribution >= 0.6 is 0 Å². The van der Waals surface area contributed by atoms with Crippen LogP contribution < -0.4 is 10.6 Å². The van der Waals surface area contributed by atoms with Gasteiger partial charge in [0.2, 0.25) is 0 Å². The predicted molar refractivity (Wildman–Crippen MR) is 79.7 cm³/mol. The Labute approximate surface area is 119 Å². The number of nitrogens with one attached hydrogen (secondary N) is 2. The number of carbonyl (C=O) groups excluding carboxylic acids is 1. The van der Waals surface area contributed by atoms with Gasteiger partial charge in [-0.05, 0) is 38.0 Å². The van der Waals surface area contributed by atoms with E-state index < -0.39 is 9.84 Å². The summed E-state index contributed by atoms with van der Waals surface area (Å²) in [4.78, 5) is 11.8. The molecule has 0 spiro atoms. The van der Waals surface area contributed by atoms with Gasteiger partial charge < -0.3 is 10.6 Å². The summed E-state index contributed by atoms with van der Waals surface area (Å²) in [6, 6.07) is 7.08. The van der Waals surface area contributed by atoms with Crippen LogP contribution in [0.15, 0.2) is 24.3 Å². The molecule has 1 aromatic rings. The largest absolute Gasteiger partial charge is 0.381 e. The molecular formula is C14H20N2O3S. The van der Waals surface area contributed by atoms with E-state index in [0.717, 1.165) is 12.1 Å². The minimum Gasteiger partial charge on any atom is -0.381 e. The van der Waals surface area contributed by atoms with Crippen molar-refractivity contribution in [3.8, 4) is 0 Å². The number of hydrogen-bond acceptors (Lipinski definition) is 4. The number of anilines is 1. The minimum absolute atomic E-state index is 0.0711. The second-order valence-electron chi connectivity index (χ2n) is 5.04. The van der Waals surface area contributed by atoms with E-state index in [-0.39, 0.29) is 23.5 Å². The molecule has 1 saturated heterocycles. The zero-order valence-corrected chi connectivity index (χ0v) is 12.4. The third kappa shape index (κ3) is 3.96. The molecule has 2 N–H and O–H groups in total. The lowest BCUT2D eigenvalue weighted by Crippen LogP contribution is -2.34. The molecule has 0 aromatic heterocycles. The maximum Gasteiger partial charge on any atom is 0.251 e. The normalized spacial score (nSPS) is 21.1. The van der Waals surface area contributed by atoms with Gasteiger partial charge in [0.25, 0.3) is 5.91 Å². The lowest BCUT2D eigenvalue weighted by molar-refractivity contribution is 0.0956. The lowest BCUT2D eigenvalue weighted by Gasteiger charge is -2.24. The van der Waals surface area contributed by atoms with Gasteiger partial charge in [0.15, 0.2) is 9.84 Å². The Balaban J connectivity index is 2.06. The van der Waals surface area contributed by atoms with E-state index in [1.165, 1.54) is 0 Å². The summed E-state index contributed by atoms with van der Waals surface area (Å²) in [5.74, 6) is 0.329. The van der Waals surface area contributed by atoms with Crippen molar-refractivity contribution >= 4 is 21.4 Å². The summed E-state index contributed by atoms with van der Waals surface area (Å²) in [5, 5.41) is 5.96. The summed E-state index contributed by atoms with van der Waals surface area (Å²) in [6.45, 7) is 2.45. The Hall–Kier alpha value is -1.56. The van der Waals surface area contributed by atoms with Crippen LogP contribution in [0.2, 0.25) is 0 Å². The first-order chi connectivity index (χ1) is 9.50. The van der Waals surface area contributed by atoms with E-state index in [1.807, 2.05) is 13.0 Å². The van der Waals surface area contributed by atoms with Crippen molar-refractivity contribution in [2.75, 3.05) is 23.4 Å². The first kappa shape index (κ1) is 14.8. The van der Waals surface area contributed by atoms with Crippen molar-refractivity contribution in [2.24, 2.45) is 0 Å². The van der Waals surface area contributed by atoms with E-state index in [4.69, 9.17) is 0 Å². The van der Waals surface area contributed by atoms with Crippen LogP contribution in [-0.2, 0) is 9.84 Å². The maximum atomic E-state index is 11.8. The molecule has 0 saturated carbocycles. The third-order valence-electron chi connectivity index (χ3n) is 3.30. The van der Waals surface area contributed by atoms with Crippen molar-refractivity contribution < 1.29 is 13.2 Å². The van der Waals surface area contributed by atoms with Gasteiger partial charge in [-0.25, -0.2) is 8.42 Å². The topological polar surface area (TPSA) is 75.3 Å². The van der Waals surface area contributed by atoms with E-state index >= 15 is 0 Å². The number of carbonyl (C=O) groups is 1. The predicted octanol–water partition coefficient (Wildman–Crippen LogP) is 1.43. The maximum absolute atomic E-state index is 11.8. The summed E-state index contributed by atoms with van der Waals surface area (Å²) in [6.07, 6.45) is 1.53. The average Bonchev–Trinajstić information content (AvgIpc) is 2.38. The first-order valence-electron chi connectivity index (χ1n) is 6.85. The van der Waals surface area contributed by atoms with Gasteiger partial charge in [-0.2, -0.15) is 0 Å². The van der Waals surface area contributed by atoms with Gasteiger partial charge in [-0.1, -0.05) is 6.07 Å². The molecule has 2 rings (SSSR count). The molecule has 0 radical (unpaired) electrons. The average molecular weight is 296 g/mol. The lowest BCUT2D eigenvalue weighted by atomic mass is 10.1. The van der Waals surface area contributed by atoms with Crippen LogP contribution in [0.5, 0.6) is 0 Å². The van der Waals surface area contributed by atoms with Crippen LogP contribution in [0.3, 0.4) is 0 Å².